The van der Waals surface area contributed by atoms with Crippen LogP contribution >= 0.6 is 11.6 Å². The molecule has 12 heteroatoms. The van der Waals surface area contributed by atoms with Gasteiger partial charge in [0, 0.05) is 11.6 Å². The lowest BCUT2D eigenvalue weighted by molar-refractivity contribution is -0.120. The molecule has 1 fully saturated rings. The normalized spacial score (nSPS) is 18.8. The van der Waals surface area contributed by atoms with Gasteiger partial charge in [-0.05, 0) is 69.4 Å². The zero-order valence-corrected chi connectivity index (χ0v) is 22.8. The van der Waals surface area contributed by atoms with Crippen LogP contribution in [0.4, 0.5) is 14.9 Å². The number of benzene rings is 2. The smallest absolute Gasteiger partial charge is 0.408 e. The third-order valence-electron chi connectivity index (χ3n) is 6.06. The monoisotopic (exact) mass is 565 g/mol. The highest BCUT2D eigenvalue weighted by Gasteiger charge is 2.40. The van der Waals surface area contributed by atoms with Gasteiger partial charge in [-0.1, -0.05) is 23.7 Å². The third kappa shape index (κ3) is 6.63. The summed E-state index contributed by atoms with van der Waals surface area (Å²) >= 11 is 5.98. The molecule has 4 rings (SSSR count). The molecule has 0 bridgehead atoms. The first kappa shape index (κ1) is 27.8. The fraction of sp³-hybridized carbons (Fsp3) is 0.423. The molecule has 3 amide bonds. The van der Waals surface area contributed by atoms with Gasteiger partial charge in [0.15, 0.2) is 9.84 Å². The number of ether oxygens (including phenoxy) is 1. The number of carbonyl (C=O) groups is 3. The Hall–Kier alpha value is -3.18. The molecular weight excluding hydrogens is 537 g/mol. The quantitative estimate of drug-likeness (QED) is 0.549. The number of halogens is 2. The zero-order chi connectivity index (χ0) is 27.8. The van der Waals surface area contributed by atoms with E-state index in [1.807, 2.05) is 0 Å². The summed E-state index contributed by atoms with van der Waals surface area (Å²) in [7, 11) is -4.29. The van der Waals surface area contributed by atoms with Crippen molar-refractivity contribution < 1.29 is 31.9 Å². The van der Waals surface area contributed by atoms with Crippen molar-refractivity contribution in [3.05, 3.63) is 58.4 Å². The van der Waals surface area contributed by atoms with Crippen LogP contribution in [0.25, 0.3) is 0 Å². The van der Waals surface area contributed by atoms with Gasteiger partial charge in [-0.25, -0.2) is 17.6 Å². The average Bonchev–Trinajstić information content (AvgIpc) is 3.64. The van der Waals surface area contributed by atoms with Gasteiger partial charge in [0.2, 0.25) is 0 Å². The lowest BCUT2D eigenvalue weighted by Crippen LogP contribution is -2.51. The number of carbonyl (C=O) groups excluding carboxylic acids is 3. The molecular formula is C26H29ClFN3O6S. The van der Waals surface area contributed by atoms with Gasteiger partial charge in [-0.3, -0.25) is 9.59 Å². The van der Waals surface area contributed by atoms with Crippen LogP contribution in [0.1, 0.15) is 49.5 Å². The summed E-state index contributed by atoms with van der Waals surface area (Å²) in [6, 6.07) is 6.83. The second-order valence-electron chi connectivity index (χ2n) is 10.5. The van der Waals surface area contributed by atoms with Gasteiger partial charge >= 0.3 is 6.09 Å². The summed E-state index contributed by atoms with van der Waals surface area (Å²) < 4.78 is 47.0. The molecule has 38 heavy (non-hydrogen) atoms. The molecule has 0 saturated heterocycles. The van der Waals surface area contributed by atoms with Crippen molar-refractivity contribution in [3.63, 3.8) is 0 Å². The standard InChI is InChI=1S/C26H29ClFN3O6S/c1-26(2,3)37-25(34)30-20-14-38(35,36)22-11-19(28)18(23(32)29-12-15-4-5-15)10-21(22)31(24(20)33)13-16-6-8-17(27)9-7-16/h6-11,15,20H,4-5,12-14H2,1-3H3,(H,29,32)(H,30,34)/t20-/m0/s1. The summed E-state index contributed by atoms with van der Waals surface area (Å²) in [5.41, 5.74) is -0.842. The van der Waals surface area contributed by atoms with E-state index in [9.17, 15) is 22.8 Å². The van der Waals surface area contributed by atoms with E-state index < -0.39 is 55.9 Å². The maximum atomic E-state index is 15.1. The average molecular weight is 566 g/mol. The first-order valence-corrected chi connectivity index (χ1v) is 14.2. The number of anilines is 1. The van der Waals surface area contributed by atoms with E-state index in [1.54, 1.807) is 45.0 Å². The highest BCUT2D eigenvalue weighted by atomic mass is 35.5. The van der Waals surface area contributed by atoms with E-state index in [0.717, 1.165) is 29.9 Å². The van der Waals surface area contributed by atoms with E-state index in [0.29, 0.717) is 23.0 Å². The van der Waals surface area contributed by atoms with Crippen molar-refractivity contribution in [2.45, 2.75) is 56.7 Å². The first-order valence-electron chi connectivity index (χ1n) is 12.1. The van der Waals surface area contributed by atoms with Gasteiger partial charge in [-0.2, -0.15) is 0 Å². The second-order valence-corrected chi connectivity index (χ2v) is 12.9. The van der Waals surface area contributed by atoms with Gasteiger partial charge in [0.25, 0.3) is 11.8 Å². The summed E-state index contributed by atoms with van der Waals surface area (Å²) in [5.74, 6) is -2.98. The molecule has 1 aliphatic carbocycles. The minimum absolute atomic E-state index is 0.125. The van der Waals surface area contributed by atoms with Crippen molar-refractivity contribution in [2.24, 2.45) is 5.92 Å². The topological polar surface area (TPSA) is 122 Å². The summed E-state index contributed by atoms with van der Waals surface area (Å²) in [6.45, 7) is 5.13. The van der Waals surface area contributed by atoms with E-state index in [2.05, 4.69) is 10.6 Å². The Labute approximate surface area is 225 Å². The van der Waals surface area contributed by atoms with Gasteiger partial charge in [0.1, 0.15) is 17.5 Å². The predicted octanol–water partition coefficient (Wildman–Crippen LogP) is 3.83. The Kier molecular flexibility index (Phi) is 7.72. The molecule has 1 aliphatic heterocycles. The Morgan fingerprint density at radius 2 is 1.82 bits per heavy atom. The summed E-state index contributed by atoms with van der Waals surface area (Å²) in [6.07, 6.45) is 0.969. The number of fused-ring (bicyclic) bond motifs is 1. The molecule has 0 radical (unpaired) electrons. The largest absolute Gasteiger partial charge is 0.444 e. The molecule has 2 aliphatic rings. The number of hydrogen-bond acceptors (Lipinski definition) is 6. The third-order valence-corrected chi connectivity index (χ3v) is 8.08. The molecule has 2 N–H and O–H groups in total. The highest BCUT2D eigenvalue weighted by Crippen LogP contribution is 2.35. The molecule has 0 aromatic heterocycles. The lowest BCUT2D eigenvalue weighted by Gasteiger charge is -2.27. The molecule has 2 aromatic carbocycles. The Bertz CT molecular complexity index is 1370. The summed E-state index contributed by atoms with van der Waals surface area (Å²) in [4.78, 5) is 39.6. The van der Waals surface area contributed by atoms with Crippen molar-refractivity contribution in [2.75, 3.05) is 17.2 Å². The van der Waals surface area contributed by atoms with Crippen molar-refractivity contribution in [3.8, 4) is 0 Å². The van der Waals surface area contributed by atoms with E-state index in [4.69, 9.17) is 16.3 Å². The van der Waals surface area contributed by atoms with E-state index >= 15 is 4.39 Å². The van der Waals surface area contributed by atoms with Gasteiger partial charge in [0.05, 0.1) is 28.4 Å². The molecule has 1 heterocycles. The van der Waals surface area contributed by atoms with Gasteiger partial charge < -0.3 is 20.3 Å². The minimum Gasteiger partial charge on any atom is -0.444 e. The number of hydrogen-bond donors (Lipinski definition) is 2. The van der Waals surface area contributed by atoms with Crippen LogP contribution in [0.5, 0.6) is 0 Å². The highest BCUT2D eigenvalue weighted by molar-refractivity contribution is 7.91. The van der Waals surface area contributed by atoms with Crippen molar-refractivity contribution >= 4 is 45.0 Å². The number of nitrogens with one attached hydrogen (secondary N) is 2. The molecule has 0 spiro atoms. The molecule has 1 atom stereocenters. The van der Waals surface area contributed by atoms with Crippen LogP contribution in [0.15, 0.2) is 41.3 Å². The van der Waals surface area contributed by atoms with Crippen molar-refractivity contribution in [1.29, 1.82) is 0 Å². The first-order chi connectivity index (χ1) is 17.7. The zero-order valence-electron chi connectivity index (χ0n) is 21.2. The maximum absolute atomic E-state index is 15.1. The molecule has 0 unspecified atom stereocenters. The number of amides is 3. The predicted molar refractivity (Wildman–Crippen MR) is 139 cm³/mol. The summed E-state index contributed by atoms with van der Waals surface area (Å²) in [5, 5.41) is 5.47. The SMILES string of the molecule is CC(C)(C)OC(=O)N[C@H]1CS(=O)(=O)c2cc(F)c(C(=O)NCC3CC3)cc2N(Cc2ccc(Cl)cc2)C1=O. The Balaban J connectivity index is 1.77. The molecule has 9 nitrogen and oxygen atoms in total. The van der Waals surface area contributed by atoms with Crippen molar-refractivity contribution in [1.82, 2.24) is 10.6 Å². The second kappa shape index (κ2) is 10.5. The van der Waals surface area contributed by atoms with E-state index in [-0.39, 0.29) is 17.8 Å². The van der Waals surface area contributed by atoms with Crippen LogP contribution in [0.3, 0.4) is 0 Å². The number of nitrogens with zero attached hydrogens (tertiary/aromatic N) is 1. The Morgan fingerprint density at radius 1 is 1.16 bits per heavy atom. The maximum Gasteiger partial charge on any atom is 0.408 e. The van der Waals surface area contributed by atoms with E-state index in [1.165, 1.54) is 0 Å². The fourth-order valence-electron chi connectivity index (χ4n) is 4.01. The van der Waals surface area contributed by atoms with Crippen LogP contribution in [-0.4, -0.2) is 50.3 Å². The lowest BCUT2D eigenvalue weighted by atomic mass is 10.1. The van der Waals surface area contributed by atoms with Crippen LogP contribution < -0.4 is 15.5 Å². The minimum atomic E-state index is -4.29. The van der Waals surface area contributed by atoms with Crippen LogP contribution in [0.2, 0.25) is 5.02 Å². The van der Waals surface area contributed by atoms with Gasteiger partial charge in [-0.15, -0.1) is 0 Å². The molecule has 2 aromatic rings. The number of rotatable bonds is 6. The van der Waals surface area contributed by atoms with Crippen LogP contribution in [0, 0.1) is 11.7 Å². The number of alkyl carbamates (subject to hydrolysis) is 1. The van der Waals surface area contributed by atoms with Crippen LogP contribution in [-0.2, 0) is 25.9 Å². The molecule has 204 valence electrons. The molecule has 1 saturated carbocycles. The Morgan fingerprint density at radius 3 is 2.42 bits per heavy atom. The fourth-order valence-corrected chi connectivity index (χ4v) is 5.75. The number of sulfone groups is 1.